The first-order valence-corrected chi connectivity index (χ1v) is 8.65. The van der Waals surface area contributed by atoms with E-state index in [9.17, 15) is 8.42 Å². The van der Waals surface area contributed by atoms with Crippen LogP contribution in [0.4, 0.5) is 5.69 Å². The number of para-hydroxylation sites is 1. The van der Waals surface area contributed by atoms with E-state index in [2.05, 4.69) is 15.9 Å². The van der Waals surface area contributed by atoms with Crippen LogP contribution in [0.25, 0.3) is 0 Å². The molecule has 2 aromatic rings. The molecule has 0 amide bonds. The highest BCUT2D eigenvalue weighted by Crippen LogP contribution is 2.30. The molecule has 21 heavy (non-hydrogen) atoms. The van der Waals surface area contributed by atoms with Crippen molar-refractivity contribution in [2.45, 2.75) is 11.8 Å². The van der Waals surface area contributed by atoms with Crippen molar-refractivity contribution in [1.82, 2.24) is 0 Å². The van der Waals surface area contributed by atoms with Crippen LogP contribution in [0.3, 0.4) is 0 Å². The van der Waals surface area contributed by atoms with Crippen molar-refractivity contribution in [3.05, 3.63) is 53.0 Å². The smallest absolute Gasteiger partial charge is 0.264 e. The summed E-state index contributed by atoms with van der Waals surface area (Å²) >= 11 is 3.32. The Labute approximate surface area is 133 Å². The minimum Gasteiger partial charge on any atom is -0.496 e. The maximum atomic E-state index is 12.8. The second-order valence-electron chi connectivity index (χ2n) is 4.30. The van der Waals surface area contributed by atoms with E-state index in [1.54, 1.807) is 31.2 Å². The van der Waals surface area contributed by atoms with Gasteiger partial charge in [0.15, 0.2) is 0 Å². The van der Waals surface area contributed by atoms with E-state index < -0.39 is 10.0 Å². The lowest BCUT2D eigenvalue weighted by Gasteiger charge is -2.23. The van der Waals surface area contributed by atoms with Crippen LogP contribution < -0.4 is 9.04 Å². The minimum atomic E-state index is -3.62. The molecule has 0 radical (unpaired) electrons. The predicted octanol–water partition coefficient (Wildman–Crippen LogP) is 3.67. The van der Waals surface area contributed by atoms with Gasteiger partial charge in [-0.2, -0.15) is 0 Å². The number of anilines is 1. The van der Waals surface area contributed by atoms with Gasteiger partial charge in [0.05, 0.1) is 22.2 Å². The van der Waals surface area contributed by atoms with E-state index in [0.717, 1.165) is 0 Å². The number of hydrogen-bond acceptors (Lipinski definition) is 3. The zero-order valence-electron chi connectivity index (χ0n) is 11.8. The maximum absolute atomic E-state index is 12.8. The van der Waals surface area contributed by atoms with Crippen LogP contribution in [0.1, 0.15) is 6.92 Å². The molecule has 0 spiro atoms. The molecule has 0 aromatic heterocycles. The predicted molar refractivity (Wildman–Crippen MR) is 87.3 cm³/mol. The standard InChI is InChI=1S/C15H16BrNO3S/c1-3-17(12-7-5-4-6-8-12)21(18,19)13-9-10-14(16)15(11-13)20-2/h4-11H,3H2,1-2H3. The number of benzene rings is 2. The molecule has 0 atom stereocenters. The lowest BCUT2D eigenvalue weighted by molar-refractivity contribution is 0.410. The largest absolute Gasteiger partial charge is 0.496 e. The number of rotatable bonds is 5. The highest BCUT2D eigenvalue weighted by atomic mass is 79.9. The Balaban J connectivity index is 2.50. The summed E-state index contributed by atoms with van der Waals surface area (Å²) in [5.41, 5.74) is 0.641. The number of nitrogens with zero attached hydrogens (tertiary/aromatic N) is 1. The number of halogens is 1. The molecule has 0 bridgehead atoms. The van der Waals surface area contributed by atoms with E-state index >= 15 is 0 Å². The van der Waals surface area contributed by atoms with Gasteiger partial charge in [-0.1, -0.05) is 18.2 Å². The van der Waals surface area contributed by atoms with Gasteiger partial charge in [0.2, 0.25) is 0 Å². The molecule has 0 aliphatic carbocycles. The Kier molecular flexibility index (Phi) is 4.90. The number of sulfonamides is 1. The van der Waals surface area contributed by atoms with E-state index in [4.69, 9.17) is 4.74 Å². The summed E-state index contributed by atoms with van der Waals surface area (Å²) in [5, 5.41) is 0. The molecule has 0 N–H and O–H groups in total. The van der Waals surface area contributed by atoms with Crippen molar-refractivity contribution < 1.29 is 13.2 Å². The highest BCUT2D eigenvalue weighted by molar-refractivity contribution is 9.10. The van der Waals surface area contributed by atoms with Crippen molar-refractivity contribution in [3.8, 4) is 5.75 Å². The summed E-state index contributed by atoms with van der Waals surface area (Å²) in [6.45, 7) is 2.16. The Morgan fingerprint density at radius 3 is 2.38 bits per heavy atom. The van der Waals surface area contributed by atoms with Crippen LogP contribution in [-0.2, 0) is 10.0 Å². The molecule has 0 aliphatic heterocycles. The number of methoxy groups -OCH3 is 1. The first-order valence-electron chi connectivity index (χ1n) is 6.42. The molecule has 6 heteroatoms. The third kappa shape index (κ3) is 3.22. The van der Waals surface area contributed by atoms with Crippen molar-refractivity contribution >= 4 is 31.6 Å². The molecule has 0 saturated heterocycles. The second kappa shape index (κ2) is 6.49. The van der Waals surface area contributed by atoms with Gasteiger partial charge in [0, 0.05) is 12.6 Å². The third-order valence-electron chi connectivity index (χ3n) is 3.04. The number of ether oxygens (including phenoxy) is 1. The summed E-state index contributed by atoms with van der Waals surface area (Å²) in [5.74, 6) is 0.486. The van der Waals surface area contributed by atoms with Crippen LogP contribution in [0.15, 0.2) is 57.9 Å². The molecule has 0 heterocycles. The van der Waals surface area contributed by atoms with Crippen LogP contribution in [0, 0.1) is 0 Å². The van der Waals surface area contributed by atoms with E-state index in [0.29, 0.717) is 22.5 Å². The molecule has 0 saturated carbocycles. The first kappa shape index (κ1) is 15.9. The van der Waals surface area contributed by atoms with Crippen LogP contribution in [0.5, 0.6) is 5.75 Å². The maximum Gasteiger partial charge on any atom is 0.264 e. The van der Waals surface area contributed by atoms with Gasteiger partial charge in [0.1, 0.15) is 5.75 Å². The highest BCUT2D eigenvalue weighted by Gasteiger charge is 2.24. The average molecular weight is 370 g/mol. The van der Waals surface area contributed by atoms with Gasteiger partial charge in [-0.15, -0.1) is 0 Å². The Bertz CT molecular complexity index is 717. The van der Waals surface area contributed by atoms with E-state index in [1.807, 2.05) is 18.2 Å². The SMILES string of the molecule is CCN(c1ccccc1)S(=O)(=O)c1ccc(Br)c(OC)c1. The fourth-order valence-corrected chi connectivity index (χ4v) is 3.91. The third-order valence-corrected chi connectivity index (χ3v) is 5.60. The topological polar surface area (TPSA) is 46.6 Å². The fraction of sp³-hybridized carbons (Fsp3) is 0.200. The summed E-state index contributed by atoms with van der Waals surface area (Å²) in [6.07, 6.45) is 0. The molecule has 2 rings (SSSR count). The zero-order valence-corrected chi connectivity index (χ0v) is 14.2. The molecule has 0 unspecified atom stereocenters. The molecule has 4 nitrogen and oxygen atoms in total. The van der Waals surface area contributed by atoms with Gasteiger partial charge in [0.25, 0.3) is 10.0 Å². The first-order chi connectivity index (χ1) is 10.0. The molecular weight excluding hydrogens is 354 g/mol. The summed E-state index contributed by atoms with van der Waals surface area (Å²) in [7, 11) is -2.12. The lowest BCUT2D eigenvalue weighted by Crippen LogP contribution is -2.30. The number of hydrogen-bond donors (Lipinski definition) is 0. The van der Waals surface area contributed by atoms with Crippen molar-refractivity contribution in [2.24, 2.45) is 0 Å². The van der Waals surface area contributed by atoms with Gasteiger partial charge in [-0.3, -0.25) is 4.31 Å². The fourth-order valence-electron chi connectivity index (χ4n) is 2.01. The molecular formula is C15H16BrNO3S. The Morgan fingerprint density at radius 1 is 1.14 bits per heavy atom. The Morgan fingerprint density at radius 2 is 1.81 bits per heavy atom. The molecule has 2 aromatic carbocycles. The molecule has 112 valence electrons. The van der Waals surface area contributed by atoms with Crippen LogP contribution >= 0.6 is 15.9 Å². The summed E-state index contributed by atoms with van der Waals surface area (Å²) in [6, 6.07) is 13.8. The zero-order chi connectivity index (χ0) is 15.5. The molecule has 0 aliphatic rings. The minimum absolute atomic E-state index is 0.202. The van der Waals surface area contributed by atoms with Crippen LogP contribution in [0.2, 0.25) is 0 Å². The van der Waals surface area contributed by atoms with Crippen molar-refractivity contribution in [3.63, 3.8) is 0 Å². The van der Waals surface area contributed by atoms with Crippen molar-refractivity contribution in [1.29, 1.82) is 0 Å². The quantitative estimate of drug-likeness (QED) is 0.807. The van der Waals surface area contributed by atoms with E-state index in [1.165, 1.54) is 17.5 Å². The Hall–Kier alpha value is -1.53. The monoisotopic (exact) mass is 369 g/mol. The van der Waals surface area contributed by atoms with Gasteiger partial charge >= 0.3 is 0 Å². The second-order valence-corrected chi connectivity index (χ2v) is 7.02. The van der Waals surface area contributed by atoms with Crippen molar-refractivity contribution in [2.75, 3.05) is 18.0 Å². The normalized spacial score (nSPS) is 11.2. The average Bonchev–Trinajstić information content (AvgIpc) is 2.49. The summed E-state index contributed by atoms with van der Waals surface area (Å²) < 4.78 is 32.9. The van der Waals surface area contributed by atoms with E-state index in [-0.39, 0.29) is 4.90 Å². The van der Waals surface area contributed by atoms with Gasteiger partial charge < -0.3 is 4.74 Å². The summed E-state index contributed by atoms with van der Waals surface area (Å²) in [4.78, 5) is 0.202. The van der Waals surface area contributed by atoms with Gasteiger partial charge in [-0.05, 0) is 47.1 Å². The van der Waals surface area contributed by atoms with Crippen LogP contribution in [-0.4, -0.2) is 22.1 Å². The van der Waals surface area contributed by atoms with Gasteiger partial charge in [-0.25, -0.2) is 8.42 Å². The lowest BCUT2D eigenvalue weighted by atomic mass is 10.3. The molecule has 0 fully saturated rings.